The maximum Gasteiger partial charge on any atom is 0.191 e. The topological polar surface area (TPSA) is 85.6 Å². The molecular weight excluding hydrogens is 412 g/mol. The minimum absolute atomic E-state index is 0.258. The number of aromatic nitrogens is 3. The van der Waals surface area contributed by atoms with Crippen LogP contribution < -0.4 is 15.4 Å². The summed E-state index contributed by atoms with van der Waals surface area (Å²) < 4.78 is 12.4. The molecule has 1 unspecified atom stereocenters. The first-order valence-corrected chi connectivity index (χ1v) is 11.1. The van der Waals surface area contributed by atoms with Gasteiger partial charge in [-0.15, -0.1) is 11.3 Å². The number of hydrogen-bond acceptors (Lipinski definition) is 6. The summed E-state index contributed by atoms with van der Waals surface area (Å²) in [5.41, 5.74) is 1.19. The monoisotopic (exact) mass is 440 g/mol. The number of methoxy groups -OCH3 is 2. The summed E-state index contributed by atoms with van der Waals surface area (Å²) >= 11 is 1.78. The number of benzene rings is 1. The van der Waals surface area contributed by atoms with Crippen molar-refractivity contribution in [3.05, 3.63) is 52.9 Å². The van der Waals surface area contributed by atoms with Crippen molar-refractivity contribution in [3.63, 3.8) is 0 Å². The first-order valence-electron chi connectivity index (χ1n) is 10.3. The van der Waals surface area contributed by atoms with Gasteiger partial charge in [0.1, 0.15) is 18.2 Å². The number of aryl methyl sites for hydroxylation is 1. The number of nitrogens with one attached hydrogen (secondary N) is 2. The highest BCUT2D eigenvalue weighted by Crippen LogP contribution is 2.29. The molecule has 164 valence electrons. The van der Waals surface area contributed by atoms with Crippen LogP contribution in [0.15, 0.2) is 41.4 Å². The summed E-state index contributed by atoms with van der Waals surface area (Å²) in [5, 5.41) is 11.5. The zero-order valence-electron chi connectivity index (χ0n) is 18.1. The molecule has 0 saturated heterocycles. The van der Waals surface area contributed by atoms with Crippen molar-refractivity contribution >= 4 is 17.3 Å². The van der Waals surface area contributed by atoms with E-state index in [-0.39, 0.29) is 6.04 Å². The van der Waals surface area contributed by atoms with E-state index in [9.17, 15) is 0 Å². The summed E-state index contributed by atoms with van der Waals surface area (Å²) in [5.74, 6) is 3.43. The summed E-state index contributed by atoms with van der Waals surface area (Å²) in [7, 11) is 5.14. The Labute approximate surface area is 186 Å². The highest BCUT2D eigenvalue weighted by atomic mass is 32.1. The quantitative estimate of drug-likeness (QED) is 0.434. The molecule has 3 heterocycles. The summed E-state index contributed by atoms with van der Waals surface area (Å²) in [6.45, 7) is 1.94. The molecule has 3 aromatic rings. The highest BCUT2D eigenvalue weighted by molar-refractivity contribution is 7.15. The average Bonchev–Trinajstić information content (AvgIpc) is 3.43. The standard InChI is InChI=1S/C22H28N6O2S/c1-23-22(25-16-6-11-21-26-20(14-29-2)27-28(21)13-16)24-12-18-9-10-19(31-18)15-4-7-17(30-3)8-5-15/h4-5,7-10,16H,6,11-14H2,1-3H3,(H2,23,24,25). The lowest BCUT2D eigenvalue weighted by atomic mass is 10.1. The molecule has 0 amide bonds. The average molecular weight is 441 g/mol. The maximum atomic E-state index is 5.24. The van der Waals surface area contributed by atoms with E-state index in [0.717, 1.165) is 49.3 Å². The molecule has 0 radical (unpaired) electrons. The van der Waals surface area contributed by atoms with E-state index in [2.05, 4.69) is 50.0 Å². The third-order valence-corrected chi connectivity index (χ3v) is 6.34. The minimum atomic E-state index is 0.258. The van der Waals surface area contributed by atoms with Crippen LogP contribution in [0.25, 0.3) is 10.4 Å². The van der Waals surface area contributed by atoms with Crippen LogP contribution in [0.3, 0.4) is 0 Å². The van der Waals surface area contributed by atoms with Gasteiger partial charge in [-0.1, -0.05) is 0 Å². The fourth-order valence-corrected chi connectivity index (χ4v) is 4.56. The highest BCUT2D eigenvalue weighted by Gasteiger charge is 2.22. The lowest BCUT2D eigenvalue weighted by molar-refractivity contribution is 0.177. The van der Waals surface area contributed by atoms with Gasteiger partial charge in [-0.2, -0.15) is 5.10 Å². The lowest BCUT2D eigenvalue weighted by Crippen LogP contribution is -2.46. The molecule has 1 aliphatic rings. The first kappa shape index (κ1) is 21.3. The van der Waals surface area contributed by atoms with Gasteiger partial charge in [0.05, 0.1) is 20.2 Å². The van der Waals surface area contributed by atoms with Gasteiger partial charge in [0.15, 0.2) is 11.8 Å². The summed E-state index contributed by atoms with van der Waals surface area (Å²) in [6.07, 6.45) is 1.88. The van der Waals surface area contributed by atoms with Gasteiger partial charge >= 0.3 is 0 Å². The van der Waals surface area contributed by atoms with Gasteiger partial charge in [0.25, 0.3) is 0 Å². The van der Waals surface area contributed by atoms with E-state index in [1.807, 2.05) is 16.8 Å². The molecule has 1 atom stereocenters. The van der Waals surface area contributed by atoms with Gasteiger partial charge in [-0.25, -0.2) is 9.67 Å². The van der Waals surface area contributed by atoms with Crippen molar-refractivity contribution in [1.29, 1.82) is 0 Å². The fraction of sp³-hybridized carbons (Fsp3) is 0.409. The predicted molar refractivity (Wildman–Crippen MR) is 122 cm³/mol. The molecule has 31 heavy (non-hydrogen) atoms. The number of thiophene rings is 1. The molecule has 0 fully saturated rings. The molecule has 2 N–H and O–H groups in total. The van der Waals surface area contributed by atoms with Gasteiger partial charge in [0.2, 0.25) is 0 Å². The van der Waals surface area contributed by atoms with Crippen molar-refractivity contribution in [2.75, 3.05) is 21.3 Å². The number of aliphatic imine (C=N–C) groups is 1. The lowest BCUT2D eigenvalue weighted by Gasteiger charge is -2.25. The van der Waals surface area contributed by atoms with Gasteiger partial charge in [0, 0.05) is 36.4 Å². The number of ether oxygens (including phenoxy) is 2. The predicted octanol–water partition coefficient (Wildman–Crippen LogP) is 2.84. The molecule has 9 heteroatoms. The van der Waals surface area contributed by atoms with E-state index >= 15 is 0 Å². The van der Waals surface area contributed by atoms with E-state index in [0.29, 0.717) is 6.61 Å². The molecule has 0 aliphatic carbocycles. The van der Waals surface area contributed by atoms with E-state index in [4.69, 9.17) is 9.47 Å². The Balaban J connectivity index is 1.31. The number of guanidine groups is 1. The van der Waals surface area contributed by atoms with Gasteiger partial charge in [-0.3, -0.25) is 4.99 Å². The molecule has 0 spiro atoms. The van der Waals surface area contributed by atoms with E-state index in [1.54, 1.807) is 32.6 Å². The van der Waals surface area contributed by atoms with Crippen molar-refractivity contribution in [3.8, 4) is 16.2 Å². The molecule has 0 saturated carbocycles. The van der Waals surface area contributed by atoms with Crippen LogP contribution in [0.5, 0.6) is 5.75 Å². The van der Waals surface area contributed by atoms with Gasteiger partial charge < -0.3 is 20.1 Å². The number of hydrogen-bond donors (Lipinski definition) is 2. The Kier molecular flexibility index (Phi) is 6.83. The van der Waals surface area contributed by atoms with Crippen LogP contribution in [0, 0.1) is 0 Å². The second kappa shape index (κ2) is 9.93. The van der Waals surface area contributed by atoms with Crippen molar-refractivity contribution in [2.24, 2.45) is 4.99 Å². The molecular formula is C22H28N6O2S. The Hall–Kier alpha value is -2.91. The summed E-state index contributed by atoms with van der Waals surface area (Å²) in [4.78, 5) is 11.4. The van der Waals surface area contributed by atoms with Gasteiger partial charge in [-0.05, 0) is 48.4 Å². The molecule has 8 nitrogen and oxygen atoms in total. The number of fused-ring (bicyclic) bond motifs is 1. The maximum absolute atomic E-state index is 5.24. The van der Waals surface area contributed by atoms with Crippen LogP contribution in [-0.2, 0) is 30.9 Å². The smallest absolute Gasteiger partial charge is 0.191 e. The summed E-state index contributed by atoms with van der Waals surface area (Å²) in [6, 6.07) is 12.7. The zero-order valence-corrected chi connectivity index (χ0v) is 18.9. The Morgan fingerprint density at radius 2 is 2.06 bits per heavy atom. The third kappa shape index (κ3) is 5.23. The van der Waals surface area contributed by atoms with Crippen LogP contribution in [0.2, 0.25) is 0 Å². The Morgan fingerprint density at radius 3 is 2.81 bits per heavy atom. The molecule has 4 rings (SSSR count). The molecule has 2 aromatic heterocycles. The van der Waals surface area contributed by atoms with Crippen molar-refractivity contribution < 1.29 is 9.47 Å². The van der Waals surface area contributed by atoms with E-state index in [1.165, 1.54) is 15.3 Å². The largest absolute Gasteiger partial charge is 0.497 e. The molecule has 1 aliphatic heterocycles. The fourth-order valence-electron chi connectivity index (χ4n) is 3.61. The van der Waals surface area contributed by atoms with Crippen LogP contribution >= 0.6 is 11.3 Å². The molecule has 1 aromatic carbocycles. The van der Waals surface area contributed by atoms with Crippen molar-refractivity contribution in [1.82, 2.24) is 25.4 Å². The van der Waals surface area contributed by atoms with Crippen LogP contribution in [-0.4, -0.2) is 48.0 Å². The molecule has 0 bridgehead atoms. The van der Waals surface area contributed by atoms with Crippen LogP contribution in [0.4, 0.5) is 0 Å². The minimum Gasteiger partial charge on any atom is -0.497 e. The second-order valence-corrected chi connectivity index (χ2v) is 8.53. The SMILES string of the molecule is CN=C(NCc1ccc(-c2ccc(OC)cc2)s1)NC1CCc2nc(COC)nn2C1. The zero-order chi connectivity index (χ0) is 21.6. The Morgan fingerprint density at radius 1 is 1.23 bits per heavy atom. The third-order valence-electron chi connectivity index (χ3n) is 5.21. The van der Waals surface area contributed by atoms with Crippen LogP contribution in [0.1, 0.15) is 22.9 Å². The number of rotatable bonds is 7. The first-order chi connectivity index (χ1) is 15.2. The normalized spacial score (nSPS) is 16.1. The van der Waals surface area contributed by atoms with Crippen molar-refractivity contribution in [2.45, 2.75) is 38.6 Å². The number of nitrogens with zero attached hydrogens (tertiary/aromatic N) is 4. The Bertz CT molecular complexity index is 1030. The second-order valence-electron chi connectivity index (χ2n) is 7.36. The van der Waals surface area contributed by atoms with E-state index < -0.39 is 0 Å².